The van der Waals surface area contributed by atoms with Crippen LogP contribution in [-0.2, 0) is 6.54 Å². The normalized spacial score (nSPS) is 10.6. The lowest BCUT2D eigenvalue weighted by Gasteiger charge is -2.10. The van der Waals surface area contributed by atoms with Gasteiger partial charge >= 0.3 is 0 Å². The maximum atomic E-state index is 12.6. The average molecular weight is 373 g/mol. The number of methoxy groups -OCH3 is 1. The van der Waals surface area contributed by atoms with Gasteiger partial charge in [-0.2, -0.15) is 0 Å². The number of carbonyl (C=O) groups excluding carboxylic acids is 1. The van der Waals surface area contributed by atoms with Crippen LogP contribution >= 0.6 is 0 Å². The standard InChI is InChI=1S/C22H19N3O3/c1-27-17-9-7-16(8-10-17)24-21-18-11-12-28-20(18)13-19(25-21)22(26)23-14-15-5-3-2-4-6-15/h2-13H,14H2,1H3,(H,23,26)(H,24,25). The van der Waals surface area contributed by atoms with Crippen LogP contribution in [0.4, 0.5) is 11.5 Å². The third-order valence-electron chi connectivity index (χ3n) is 4.33. The molecule has 0 unspecified atom stereocenters. The van der Waals surface area contributed by atoms with Crippen molar-refractivity contribution < 1.29 is 13.9 Å². The van der Waals surface area contributed by atoms with E-state index in [1.165, 1.54) is 0 Å². The number of nitrogens with one attached hydrogen (secondary N) is 2. The number of aromatic nitrogens is 1. The van der Waals surface area contributed by atoms with E-state index in [2.05, 4.69) is 15.6 Å². The number of ether oxygens (including phenoxy) is 1. The van der Waals surface area contributed by atoms with Gasteiger partial charge in [-0.1, -0.05) is 30.3 Å². The number of furan rings is 1. The van der Waals surface area contributed by atoms with Gasteiger partial charge in [-0.05, 0) is 35.9 Å². The second-order valence-corrected chi connectivity index (χ2v) is 6.21. The minimum Gasteiger partial charge on any atom is -0.497 e. The molecule has 2 heterocycles. The molecule has 2 aromatic carbocycles. The molecule has 6 nitrogen and oxygen atoms in total. The fourth-order valence-electron chi connectivity index (χ4n) is 2.86. The Morgan fingerprint density at radius 3 is 2.61 bits per heavy atom. The van der Waals surface area contributed by atoms with Gasteiger partial charge in [-0.15, -0.1) is 0 Å². The molecule has 140 valence electrons. The van der Waals surface area contributed by atoms with Gasteiger partial charge in [-0.3, -0.25) is 4.79 Å². The minimum absolute atomic E-state index is 0.264. The number of anilines is 2. The highest BCUT2D eigenvalue weighted by molar-refractivity contribution is 5.99. The molecule has 0 aliphatic carbocycles. The lowest BCUT2D eigenvalue weighted by Crippen LogP contribution is -2.24. The maximum absolute atomic E-state index is 12.6. The molecule has 0 spiro atoms. The topological polar surface area (TPSA) is 76.4 Å². The lowest BCUT2D eigenvalue weighted by atomic mass is 10.2. The van der Waals surface area contributed by atoms with Crippen molar-refractivity contribution in [2.45, 2.75) is 6.54 Å². The molecule has 0 atom stereocenters. The summed E-state index contributed by atoms with van der Waals surface area (Å²) >= 11 is 0. The Hall–Kier alpha value is -3.80. The number of fused-ring (bicyclic) bond motifs is 1. The fraction of sp³-hybridized carbons (Fsp3) is 0.0909. The molecule has 0 bridgehead atoms. The molecule has 0 aliphatic rings. The zero-order chi connectivity index (χ0) is 19.3. The molecule has 2 aromatic heterocycles. The number of nitrogens with zero attached hydrogens (tertiary/aromatic N) is 1. The number of benzene rings is 2. The van der Waals surface area contributed by atoms with Crippen molar-refractivity contribution in [1.82, 2.24) is 10.3 Å². The van der Waals surface area contributed by atoms with Gasteiger partial charge in [-0.25, -0.2) is 4.98 Å². The van der Waals surface area contributed by atoms with E-state index in [0.29, 0.717) is 17.9 Å². The van der Waals surface area contributed by atoms with Crippen molar-refractivity contribution in [1.29, 1.82) is 0 Å². The van der Waals surface area contributed by atoms with Crippen molar-refractivity contribution in [3.05, 3.63) is 84.3 Å². The Bertz CT molecular complexity index is 1090. The average Bonchev–Trinajstić information content (AvgIpc) is 3.22. The van der Waals surface area contributed by atoms with E-state index in [1.54, 1.807) is 19.4 Å². The van der Waals surface area contributed by atoms with Crippen molar-refractivity contribution >= 4 is 28.4 Å². The Morgan fingerprint density at radius 2 is 1.86 bits per heavy atom. The molecule has 4 rings (SSSR count). The second kappa shape index (κ2) is 7.84. The van der Waals surface area contributed by atoms with Crippen molar-refractivity contribution in [3.8, 4) is 5.75 Å². The summed E-state index contributed by atoms with van der Waals surface area (Å²) in [6.07, 6.45) is 1.58. The monoisotopic (exact) mass is 373 g/mol. The molecule has 0 saturated carbocycles. The van der Waals surface area contributed by atoms with Crippen LogP contribution in [0.1, 0.15) is 16.1 Å². The summed E-state index contributed by atoms with van der Waals surface area (Å²) < 4.78 is 10.7. The van der Waals surface area contributed by atoms with Gasteiger partial charge in [0.15, 0.2) is 0 Å². The Morgan fingerprint density at radius 1 is 1.07 bits per heavy atom. The molecule has 1 amide bonds. The quantitative estimate of drug-likeness (QED) is 0.520. The predicted molar refractivity (Wildman–Crippen MR) is 108 cm³/mol. The summed E-state index contributed by atoms with van der Waals surface area (Å²) in [5.74, 6) is 1.06. The van der Waals surface area contributed by atoms with Gasteiger partial charge in [0, 0.05) is 18.3 Å². The highest BCUT2D eigenvalue weighted by Crippen LogP contribution is 2.27. The Kier molecular flexibility index (Phi) is 4.93. The smallest absolute Gasteiger partial charge is 0.270 e. The van der Waals surface area contributed by atoms with Gasteiger partial charge in [0.2, 0.25) is 0 Å². The molecule has 0 radical (unpaired) electrons. The van der Waals surface area contributed by atoms with Crippen molar-refractivity contribution in [2.24, 2.45) is 0 Å². The third kappa shape index (κ3) is 3.81. The van der Waals surface area contributed by atoms with Crippen LogP contribution in [-0.4, -0.2) is 18.0 Å². The number of carbonyl (C=O) groups is 1. The summed E-state index contributed by atoms with van der Waals surface area (Å²) in [6.45, 7) is 0.429. The van der Waals surface area contributed by atoms with E-state index in [1.807, 2.05) is 60.7 Å². The SMILES string of the molecule is COc1ccc(Nc2nc(C(=O)NCc3ccccc3)cc3occc23)cc1. The molecule has 6 heteroatoms. The molecule has 28 heavy (non-hydrogen) atoms. The van der Waals surface area contributed by atoms with Crippen LogP contribution in [0.3, 0.4) is 0 Å². The van der Waals surface area contributed by atoms with Gasteiger partial charge < -0.3 is 19.8 Å². The van der Waals surface area contributed by atoms with E-state index >= 15 is 0 Å². The zero-order valence-electron chi connectivity index (χ0n) is 15.3. The summed E-state index contributed by atoms with van der Waals surface area (Å²) in [4.78, 5) is 17.1. The third-order valence-corrected chi connectivity index (χ3v) is 4.33. The predicted octanol–water partition coefficient (Wildman–Crippen LogP) is 4.51. The van der Waals surface area contributed by atoms with Gasteiger partial charge in [0.05, 0.1) is 18.8 Å². The minimum atomic E-state index is -0.264. The highest BCUT2D eigenvalue weighted by atomic mass is 16.5. The van der Waals surface area contributed by atoms with Gasteiger partial charge in [0.1, 0.15) is 22.8 Å². The zero-order valence-corrected chi connectivity index (χ0v) is 15.3. The Balaban J connectivity index is 1.58. The van der Waals surface area contributed by atoms with Crippen molar-refractivity contribution in [3.63, 3.8) is 0 Å². The molecule has 2 N–H and O–H groups in total. The van der Waals surface area contributed by atoms with Crippen LogP contribution in [0, 0.1) is 0 Å². The summed E-state index contributed by atoms with van der Waals surface area (Å²) in [7, 11) is 1.62. The number of rotatable bonds is 6. The van der Waals surface area contributed by atoms with Crippen LogP contribution in [0.5, 0.6) is 5.75 Å². The fourth-order valence-corrected chi connectivity index (χ4v) is 2.86. The van der Waals surface area contributed by atoms with E-state index in [4.69, 9.17) is 9.15 Å². The first-order chi connectivity index (χ1) is 13.7. The van der Waals surface area contributed by atoms with E-state index in [9.17, 15) is 4.79 Å². The number of pyridine rings is 1. The van der Waals surface area contributed by atoms with Crippen LogP contribution in [0.2, 0.25) is 0 Å². The molecular weight excluding hydrogens is 354 g/mol. The largest absolute Gasteiger partial charge is 0.497 e. The first-order valence-corrected chi connectivity index (χ1v) is 8.84. The molecule has 0 aliphatic heterocycles. The number of hydrogen-bond donors (Lipinski definition) is 2. The molecule has 4 aromatic rings. The van der Waals surface area contributed by atoms with E-state index in [0.717, 1.165) is 22.4 Å². The summed E-state index contributed by atoms with van der Waals surface area (Å²) in [6, 6.07) is 20.7. The number of hydrogen-bond acceptors (Lipinski definition) is 5. The summed E-state index contributed by atoms with van der Waals surface area (Å²) in [5, 5.41) is 6.94. The lowest BCUT2D eigenvalue weighted by molar-refractivity contribution is 0.0946. The van der Waals surface area contributed by atoms with Crippen LogP contribution in [0.25, 0.3) is 11.0 Å². The first-order valence-electron chi connectivity index (χ1n) is 8.84. The Labute approximate surface area is 162 Å². The van der Waals surface area contributed by atoms with E-state index in [-0.39, 0.29) is 11.6 Å². The summed E-state index contributed by atoms with van der Waals surface area (Å²) in [5.41, 5.74) is 2.73. The first kappa shape index (κ1) is 17.6. The molecule has 0 saturated heterocycles. The second-order valence-electron chi connectivity index (χ2n) is 6.21. The van der Waals surface area contributed by atoms with Crippen molar-refractivity contribution in [2.75, 3.05) is 12.4 Å². The van der Waals surface area contributed by atoms with Crippen LogP contribution in [0.15, 0.2) is 77.4 Å². The molecular formula is C22H19N3O3. The van der Waals surface area contributed by atoms with Gasteiger partial charge in [0.25, 0.3) is 5.91 Å². The van der Waals surface area contributed by atoms with E-state index < -0.39 is 0 Å². The highest BCUT2D eigenvalue weighted by Gasteiger charge is 2.14. The molecule has 0 fully saturated rings. The maximum Gasteiger partial charge on any atom is 0.270 e. The van der Waals surface area contributed by atoms with Crippen LogP contribution < -0.4 is 15.4 Å². The number of amides is 1.